The molecule has 3 atom stereocenters. The topological polar surface area (TPSA) is 27.7 Å². The summed E-state index contributed by atoms with van der Waals surface area (Å²) in [6.45, 7) is 22.5. The van der Waals surface area contributed by atoms with Crippen molar-refractivity contribution >= 4 is 33.8 Å². The van der Waals surface area contributed by atoms with E-state index < -0.39 is 33.8 Å². The molecule has 0 N–H and O–H groups in total. The Morgan fingerprint density at radius 2 is 1.19 bits per heavy atom. The molecule has 0 heterocycles. The lowest BCUT2D eigenvalue weighted by Crippen LogP contribution is -2.58. The highest BCUT2D eigenvalue weighted by Crippen LogP contribution is 2.34. The Morgan fingerprint density at radius 3 is 1.62 bits per heavy atom. The maximum absolute atomic E-state index is 6.92. The van der Waals surface area contributed by atoms with Crippen molar-refractivity contribution in [3.63, 3.8) is 0 Å². The highest BCUT2D eigenvalue weighted by molar-refractivity contribution is 6.89. The van der Waals surface area contributed by atoms with E-state index in [0.717, 1.165) is 12.1 Å². The molecule has 7 heteroatoms. The predicted octanol–water partition coefficient (Wildman–Crippen LogP) is 6.67. The second-order valence-electron chi connectivity index (χ2n) is 9.67. The minimum absolute atomic E-state index is 0.422. The van der Waals surface area contributed by atoms with Crippen molar-refractivity contribution < 1.29 is 12.3 Å². The summed E-state index contributed by atoms with van der Waals surface area (Å²) in [6, 6.07) is 12.7. The number of rotatable bonds is 10. The summed E-state index contributed by atoms with van der Waals surface area (Å²) >= 11 is 0. The van der Waals surface area contributed by atoms with E-state index in [0.29, 0.717) is 5.92 Å². The van der Waals surface area contributed by atoms with Gasteiger partial charge in [-0.3, -0.25) is 0 Å². The molecule has 0 aliphatic heterocycles. The summed E-state index contributed by atoms with van der Waals surface area (Å²) in [5, 5.41) is 0. The lowest BCUT2D eigenvalue weighted by Gasteiger charge is -2.43. The zero-order valence-corrected chi connectivity index (χ0v) is 22.6. The number of hydrogen-bond acceptors (Lipinski definition) is 3. The van der Waals surface area contributed by atoms with Crippen LogP contribution in [0.15, 0.2) is 30.3 Å². The van der Waals surface area contributed by atoms with Crippen molar-refractivity contribution in [1.82, 2.24) is 0 Å². The molecule has 0 aliphatic carbocycles. The zero-order valence-electron chi connectivity index (χ0n) is 18.6. The van der Waals surface area contributed by atoms with Gasteiger partial charge in [-0.05, 0) is 75.9 Å². The monoisotopic (exact) mass is 428 g/mol. The smallest absolute Gasteiger partial charge is 0.316 e. The van der Waals surface area contributed by atoms with Crippen molar-refractivity contribution in [1.29, 1.82) is 0 Å². The van der Waals surface area contributed by atoms with Gasteiger partial charge in [-0.15, -0.1) is 0 Å². The van der Waals surface area contributed by atoms with Gasteiger partial charge in [0, 0.05) is 0 Å². The van der Waals surface area contributed by atoms with Gasteiger partial charge in [0.2, 0.25) is 0 Å². The van der Waals surface area contributed by atoms with Crippen molar-refractivity contribution in [3.8, 4) is 0 Å². The molecular formula is C19H40O3Si4. The third-order valence-electron chi connectivity index (χ3n) is 4.16. The Morgan fingerprint density at radius 1 is 0.731 bits per heavy atom. The van der Waals surface area contributed by atoms with Crippen LogP contribution in [0.5, 0.6) is 0 Å². The molecule has 0 radical (unpaired) electrons. The molecule has 0 aromatic heterocycles. The molecule has 0 saturated heterocycles. The first-order chi connectivity index (χ1) is 11.7. The van der Waals surface area contributed by atoms with Gasteiger partial charge in [-0.25, -0.2) is 0 Å². The van der Waals surface area contributed by atoms with E-state index in [9.17, 15) is 0 Å². The number of hydrogen-bond donors (Lipinski definition) is 0. The van der Waals surface area contributed by atoms with Crippen molar-refractivity contribution in [2.24, 2.45) is 0 Å². The van der Waals surface area contributed by atoms with Crippen LogP contribution < -0.4 is 0 Å². The molecule has 0 spiro atoms. The van der Waals surface area contributed by atoms with Crippen LogP contribution in [-0.4, -0.2) is 33.8 Å². The Hall–Kier alpha value is -0.0325. The average molecular weight is 429 g/mol. The SMILES string of the molecule is CC[Si](C)(O[Si](C)(C)C)O[Si](C)(CC(C)c1ccccc1)O[Si](C)(C)C. The van der Waals surface area contributed by atoms with Gasteiger partial charge in [-0.2, -0.15) is 0 Å². The fraction of sp³-hybridized carbons (Fsp3) is 0.684. The molecule has 1 aromatic rings. The van der Waals surface area contributed by atoms with Crippen molar-refractivity contribution in [2.75, 3.05) is 0 Å². The van der Waals surface area contributed by atoms with Crippen LogP contribution in [0.1, 0.15) is 25.3 Å². The van der Waals surface area contributed by atoms with Crippen LogP contribution in [0.25, 0.3) is 0 Å². The van der Waals surface area contributed by atoms with Crippen LogP contribution in [0, 0.1) is 0 Å². The molecule has 3 unspecified atom stereocenters. The first-order valence-corrected chi connectivity index (χ1v) is 21.7. The maximum Gasteiger partial charge on any atom is 0.316 e. The van der Waals surface area contributed by atoms with Crippen molar-refractivity contribution in [3.05, 3.63) is 35.9 Å². The lowest BCUT2D eigenvalue weighted by atomic mass is 10.0. The van der Waals surface area contributed by atoms with Gasteiger partial charge in [0.05, 0.1) is 0 Å². The van der Waals surface area contributed by atoms with Gasteiger partial charge in [0.25, 0.3) is 0 Å². The van der Waals surface area contributed by atoms with Gasteiger partial charge in [-0.1, -0.05) is 44.2 Å². The first kappa shape index (κ1) is 24.0. The average Bonchev–Trinajstić information content (AvgIpc) is 2.43. The Kier molecular flexibility index (Phi) is 8.29. The van der Waals surface area contributed by atoms with Crippen molar-refractivity contribution in [2.45, 2.75) is 84.2 Å². The van der Waals surface area contributed by atoms with Crippen LogP contribution in [0.2, 0.25) is 64.5 Å². The second-order valence-corrected chi connectivity index (χ2v) is 26.2. The normalized spacial score (nSPS) is 18.8. The minimum Gasteiger partial charge on any atom is -0.437 e. The predicted molar refractivity (Wildman–Crippen MR) is 123 cm³/mol. The van der Waals surface area contributed by atoms with E-state index in [-0.39, 0.29) is 0 Å². The molecular weight excluding hydrogens is 389 g/mol. The standard InChI is InChI=1S/C19H40O3Si4/c1-11-25(9,20-23(3,4)5)22-26(10,21-24(6,7)8)17-18(2)19-15-13-12-14-16-19/h12-16,18H,11,17H2,1-10H3. The van der Waals surface area contributed by atoms with E-state index in [1.807, 2.05) is 0 Å². The summed E-state index contributed by atoms with van der Waals surface area (Å²) in [4.78, 5) is 0. The molecule has 0 bridgehead atoms. The number of benzene rings is 1. The fourth-order valence-electron chi connectivity index (χ4n) is 3.48. The van der Waals surface area contributed by atoms with E-state index in [1.165, 1.54) is 5.56 Å². The van der Waals surface area contributed by atoms with Crippen LogP contribution >= 0.6 is 0 Å². The quantitative estimate of drug-likeness (QED) is 0.389. The zero-order chi connectivity index (χ0) is 20.2. The third-order valence-corrected chi connectivity index (χ3v) is 18.6. The largest absolute Gasteiger partial charge is 0.437 e. The van der Waals surface area contributed by atoms with Gasteiger partial charge in [0.15, 0.2) is 16.6 Å². The lowest BCUT2D eigenvalue weighted by molar-refractivity contribution is 0.315. The molecule has 3 nitrogen and oxygen atoms in total. The molecule has 0 fully saturated rings. The summed E-state index contributed by atoms with van der Waals surface area (Å²) in [5.74, 6) is 0.422. The fourth-order valence-corrected chi connectivity index (χ4v) is 21.7. The van der Waals surface area contributed by atoms with E-state index in [2.05, 4.69) is 96.6 Å². The minimum atomic E-state index is -2.37. The highest BCUT2D eigenvalue weighted by atomic mass is 28.5. The second kappa shape index (κ2) is 8.98. The van der Waals surface area contributed by atoms with Gasteiger partial charge < -0.3 is 12.3 Å². The first-order valence-electron chi connectivity index (χ1n) is 9.82. The summed E-state index contributed by atoms with van der Waals surface area (Å²) in [6.07, 6.45) is 0. The Labute approximate surface area is 166 Å². The summed E-state index contributed by atoms with van der Waals surface area (Å²) < 4.78 is 20.3. The van der Waals surface area contributed by atoms with Crippen LogP contribution in [0.4, 0.5) is 0 Å². The van der Waals surface area contributed by atoms with E-state index >= 15 is 0 Å². The summed E-state index contributed by atoms with van der Waals surface area (Å²) in [7, 11) is -7.99. The molecule has 0 amide bonds. The molecule has 1 aromatic carbocycles. The molecule has 0 saturated carbocycles. The van der Waals surface area contributed by atoms with E-state index in [4.69, 9.17) is 12.3 Å². The van der Waals surface area contributed by atoms with Crippen LogP contribution in [0.3, 0.4) is 0 Å². The third kappa shape index (κ3) is 8.77. The maximum atomic E-state index is 6.92. The molecule has 150 valence electrons. The molecule has 26 heavy (non-hydrogen) atoms. The molecule has 0 aliphatic rings. The van der Waals surface area contributed by atoms with Crippen LogP contribution in [-0.2, 0) is 12.3 Å². The van der Waals surface area contributed by atoms with Gasteiger partial charge >= 0.3 is 17.1 Å². The molecule has 1 rings (SSSR count). The highest BCUT2D eigenvalue weighted by Gasteiger charge is 2.46. The summed E-state index contributed by atoms with van der Waals surface area (Å²) in [5.41, 5.74) is 1.36. The Bertz CT molecular complexity index is 556. The van der Waals surface area contributed by atoms with E-state index in [1.54, 1.807) is 0 Å². The van der Waals surface area contributed by atoms with Gasteiger partial charge in [0.1, 0.15) is 0 Å². The Balaban J connectivity index is 3.09.